The zero-order chi connectivity index (χ0) is 17.1. The van der Waals surface area contributed by atoms with Gasteiger partial charge in [-0.25, -0.2) is 17.9 Å². The van der Waals surface area contributed by atoms with Crippen LogP contribution in [-0.2, 0) is 16.4 Å². The fourth-order valence-corrected chi connectivity index (χ4v) is 2.98. The van der Waals surface area contributed by atoms with Crippen molar-refractivity contribution in [1.29, 1.82) is 0 Å². The van der Waals surface area contributed by atoms with Gasteiger partial charge in [-0.15, -0.1) is 0 Å². The summed E-state index contributed by atoms with van der Waals surface area (Å²) in [6, 6.07) is 7.87. The Kier molecular flexibility index (Phi) is 9.20. The van der Waals surface area contributed by atoms with Crippen molar-refractivity contribution in [3.05, 3.63) is 34.3 Å². The number of rotatable bonds is 10. The molecule has 6 nitrogen and oxygen atoms in total. The lowest BCUT2D eigenvalue weighted by Crippen LogP contribution is -2.37. The van der Waals surface area contributed by atoms with Crippen molar-refractivity contribution in [3.63, 3.8) is 0 Å². The molecule has 0 aromatic heterocycles. The molecule has 0 radical (unpaired) electrons. The molecule has 0 saturated carbocycles. The Bertz CT molecular complexity index is 593. The van der Waals surface area contributed by atoms with Crippen molar-refractivity contribution >= 4 is 32.0 Å². The maximum absolute atomic E-state index is 11.6. The van der Waals surface area contributed by atoms with Gasteiger partial charge in [0.2, 0.25) is 10.0 Å². The lowest BCUT2D eigenvalue weighted by molar-refractivity contribution is 0.240. The van der Waals surface area contributed by atoms with Crippen molar-refractivity contribution in [2.45, 2.75) is 26.2 Å². The van der Waals surface area contributed by atoms with Crippen LogP contribution in [0.25, 0.3) is 0 Å². The van der Waals surface area contributed by atoms with Gasteiger partial charge in [0.05, 0.1) is 5.75 Å². The molecule has 130 valence electrons. The number of sulfonamides is 1. The zero-order valence-corrected chi connectivity index (χ0v) is 15.7. The first-order valence-corrected chi connectivity index (χ1v) is 10.1. The lowest BCUT2D eigenvalue weighted by Gasteiger charge is -2.08. The van der Waals surface area contributed by atoms with Gasteiger partial charge in [-0.3, -0.25) is 0 Å². The van der Waals surface area contributed by atoms with E-state index in [0.29, 0.717) is 26.1 Å². The van der Waals surface area contributed by atoms with Crippen LogP contribution >= 0.6 is 15.9 Å². The Balaban J connectivity index is 2.04. The Morgan fingerprint density at radius 2 is 1.83 bits per heavy atom. The highest BCUT2D eigenvalue weighted by molar-refractivity contribution is 9.10. The van der Waals surface area contributed by atoms with E-state index in [9.17, 15) is 13.2 Å². The molecule has 0 aliphatic carbocycles. The highest BCUT2D eigenvalue weighted by atomic mass is 79.9. The van der Waals surface area contributed by atoms with E-state index in [0.717, 1.165) is 17.3 Å². The van der Waals surface area contributed by atoms with E-state index in [2.05, 4.69) is 43.4 Å². The molecular formula is C15H24BrN3O3S. The number of carbonyl (C=O) groups is 1. The van der Waals surface area contributed by atoms with Crippen LogP contribution in [-0.4, -0.2) is 39.8 Å². The summed E-state index contributed by atoms with van der Waals surface area (Å²) in [5, 5.41) is 5.49. The zero-order valence-electron chi connectivity index (χ0n) is 13.3. The van der Waals surface area contributed by atoms with Gasteiger partial charge in [0.1, 0.15) is 0 Å². The molecular weight excluding hydrogens is 382 g/mol. The number of nitrogens with one attached hydrogen (secondary N) is 3. The number of amides is 2. The van der Waals surface area contributed by atoms with Crippen molar-refractivity contribution < 1.29 is 13.2 Å². The van der Waals surface area contributed by atoms with Gasteiger partial charge in [-0.1, -0.05) is 28.1 Å². The van der Waals surface area contributed by atoms with Gasteiger partial charge in [0.25, 0.3) is 0 Å². The minimum Gasteiger partial charge on any atom is -0.338 e. The number of urea groups is 1. The number of aryl methyl sites for hydroxylation is 1. The van der Waals surface area contributed by atoms with E-state index in [-0.39, 0.29) is 11.8 Å². The topological polar surface area (TPSA) is 87.3 Å². The Morgan fingerprint density at radius 3 is 2.48 bits per heavy atom. The second kappa shape index (κ2) is 10.6. The van der Waals surface area contributed by atoms with Gasteiger partial charge < -0.3 is 10.6 Å². The molecule has 0 heterocycles. The summed E-state index contributed by atoms with van der Waals surface area (Å²) in [5.41, 5.74) is 1.23. The van der Waals surface area contributed by atoms with E-state index in [4.69, 9.17) is 0 Å². The van der Waals surface area contributed by atoms with E-state index in [1.54, 1.807) is 6.92 Å². The Labute approximate surface area is 146 Å². The quantitative estimate of drug-likeness (QED) is 0.520. The monoisotopic (exact) mass is 405 g/mol. The standard InChI is InChI=1S/C15H24BrN3O3S/c1-2-23(21,22)19-11-5-10-18-15(20)17-9-4-7-13-6-3-8-14(16)12-13/h3,6,8,12,19H,2,4-5,7,9-11H2,1H3,(H2,17,18,20). The number of hydrogen-bond donors (Lipinski definition) is 3. The fraction of sp³-hybridized carbons (Fsp3) is 0.533. The third-order valence-corrected chi connectivity index (χ3v) is 5.06. The second-order valence-electron chi connectivity index (χ2n) is 5.07. The highest BCUT2D eigenvalue weighted by Gasteiger charge is 2.05. The third kappa shape index (κ3) is 9.58. The molecule has 1 aromatic carbocycles. The predicted molar refractivity (Wildman–Crippen MR) is 95.9 cm³/mol. The van der Waals surface area contributed by atoms with Crippen LogP contribution in [0.1, 0.15) is 25.3 Å². The maximum Gasteiger partial charge on any atom is 0.314 e. The highest BCUT2D eigenvalue weighted by Crippen LogP contribution is 2.12. The molecule has 3 N–H and O–H groups in total. The Morgan fingerprint density at radius 1 is 1.13 bits per heavy atom. The molecule has 0 unspecified atom stereocenters. The van der Waals surface area contributed by atoms with Crippen molar-refractivity contribution in [3.8, 4) is 0 Å². The molecule has 0 aliphatic heterocycles. The summed E-state index contributed by atoms with van der Waals surface area (Å²) in [5.74, 6) is 0.0684. The van der Waals surface area contributed by atoms with E-state index < -0.39 is 10.0 Å². The molecule has 1 rings (SSSR count). The summed E-state index contributed by atoms with van der Waals surface area (Å²) in [6.07, 6.45) is 2.32. The van der Waals surface area contributed by atoms with Crippen LogP contribution in [0.2, 0.25) is 0 Å². The van der Waals surface area contributed by atoms with Crippen LogP contribution in [0.3, 0.4) is 0 Å². The van der Waals surface area contributed by atoms with E-state index in [1.807, 2.05) is 12.1 Å². The smallest absolute Gasteiger partial charge is 0.314 e. The first kappa shape index (κ1) is 19.9. The molecule has 0 fully saturated rings. The van der Waals surface area contributed by atoms with Gasteiger partial charge in [0.15, 0.2) is 0 Å². The normalized spacial score (nSPS) is 11.2. The molecule has 0 saturated heterocycles. The van der Waals surface area contributed by atoms with Crippen molar-refractivity contribution in [2.24, 2.45) is 0 Å². The SMILES string of the molecule is CCS(=O)(=O)NCCCNC(=O)NCCCc1cccc(Br)c1. The number of benzene rings is 1. The molecule has 1 aromatic rings. The summed E-state index contributed by atoms with van der Waals surface area (Å²) in [4.78, 5) is 11.6. The first-order valence-electron chi connectivity index (χ1n) is 7.66. The predicted octanol–water partition coefficient (Wildman–Crippen LogP) is 2.01. The van der Waals surface area contributed by atoms with Gasteiger partial charge in [0, 0.05) is 24.1 Å². The van der Waals surface area contributed by atoms with E-state index in [1.165, 1.54) is 5.56 Å². The van der Waals surface area contributed by atoms with Gasteiger partial charge >= 0.3 is 6.03 Å². The summed E-state index contributed by atoms with van der Waals surface area (Å²) < 4.78 is 25.9. The lowest BCUT2D eigenvalue weighted by atomic mass is 10.1. The Hall–Kier alpha value is -1.12. The molecule has 0 aliphatic rings. The number of carbonyl (C=O) groups excluding carboxylic acids is 1. The van der Waals surface area contributed by atoms with Crippen LogP contribution in [0.5, 0.6) is 0 Å². The molecule has 8 heteroatoms. The minimum atomic E-state index is -3.15. The molecule has 0 spiro atoms. The molecule has 0 bridgehead atoms. The second-order valence-corrected chi connectivity index (χ2v) is 8.08. The maximum atomic E-state index is 11.6. The van der Waals surface area contributed by atoms with Gasteiger partial charge in [-0.2, -0.15) is 0 Å². The van der Waals surface area contributed by atoms with Crippen molar-refractivity contribution in [1.82, 2.24) is 15.4 Å². The number of hydrogen-bond acceptors (Lipinski definition) is 3. The average Bonchev–Trinajstić information content (AvgIpc) is 2.51. The minimum absolute atomic E-state index is 0.0684. The van der Waals surface area contributed by atoms with E-state index >= 15 is 0 Å². The summed E-state index contributed by atoms with van der Waals surface area (Å²) in [7, 11) is -3.15. The summed E-state index contributed by atoms with van der Waals surface area (Å²) >= 11 is 3.43. The van der Waals surface area contributed by atoms with Crippen molar-refractivity contribution in [2.75, 3.05) is 25.4 Å². The van der Waals surface area contributed by atoms with Crippen LogP contribution in [0.15, 0.2) is 28.7 Å². The summed E-state index contributed by atoms with van der Waals surface area (Å²) in [6.45, 7) is 2.95. The van der Waals surface area contributed by atoms with Crippen LogP contribution in [0.4, 0.5) is 4.79 Å². The largest absolute Gasteiger partial charge is 0.338 e. The first-order chi connectivity index (χ1) is 10.9. The van der Waals surface area contributed by atoms with Crippen LogP contribution < -0.4 is 15.4 Å². The molecule has 23 heavy (non-hydrogen) atoms. The molecule has 2 amide bonds. The fourth-order valence-electron chi connectivity index (χ4n) is 1.87. The van der Waals surface area contributed by atoms with Gasteiger partial charge in [-0.05, 0) is 43.9 Å². The molecule has 0 atom stereocenters. The van der Waals surface area contributed by atoms with Crippen LogP contribution in [0, 0.1) is 0 Å². The average molecular weight is 406 g/mol. The third-order valence-electron chi connectivity index (χ3n) is 3.16. The number of halogens is 1.